The Morgan fingerprint density at radius 2 is 1.85 bits per heavy atom. The van der Waals surface area contributed by atoms with Gasteiger partial charge in [-0.2, -0.15) is 0 Å². The first kappa shape index (κ1) is 18.3. The van der Waals surface area contributed by atoms with E-state index in [4.69, 9.17) is 11.6 Å². The van der Waals surface area contributed by atoms with Crippen LogP contribution in [-0.2, 0) is 6.54 Å². The number of aryl methyl sites for hydroxylation is 2. The Labute approximate surface area is 170 Å². The van der Waals surface area contributed by atoms with Crippen LogP contribution in [0.15, 0.2) is 70.6 Å². The largest absolute Gasteiger partial charge is 0.298 e. The number of fused-ring (bicyclic) bond motifs is 1. The van der Waals surface area contributed by atoms with Crippen molar-refractivity contribution in [1.29, 1.82) is 0 Å². The second kappa shape index (κ2) is 7.89. The van der Waals surface area contributed by atoms with Crippen LogP contribution in [0.4, 0.5) is 0 Å². The van der Waals surface area contributed by atoms with Crippen molar-refractivity contribution < 1.29 is 0 Å². The molecule has 3 nitrogen and oxygen atoms in total. The number of thiophene rings is 1. The van der Waals surface area contributed by atoms with Crippen LogP contribution in [0, 0.1) is 6.92 Å². The van der Waals surface area contributed by atoms with Gasteiger partial charge in [-0.3, -0.25) is 9.36 Å². The molecule has 4 aromatic rings. The maximum absolute atomic E-state index is 13.0. The molecule has 0 fully saturated rings. The van der Waals surface area contributed by atoms with Gasteiger partial charge in [0.15, 0.2) is 0 Å². The highest BCUT2D eigenvalue weighted by Gasteiger charge is 2.15. The first-order chi connectivity index (χ1) is 13.1. The lowest BCUT2D eigenvalue weighted by Crippen LogP contribution is -2.21. The van der Waals surface area contributed by atoms with Crippen molar-refractivity contribution in [3.05, 3.63) is 81.9 Å². The lowest BCUT2D eigenvalue weighted by molar-refractivity contribution is 0.725. The summed E-state index contributed by atoms with van der Waals surface area (Å²) >= 11 is 9.20. The van der Waals surface area contributed by atoms with E-state index < -0.39 is 0 Å². The molecule has 0 bridgehead atoms. The van der Waals surface area contributed by atoms with E-state index in [1.807, 2.05) is 49.4 Å². The van der Waals surface area contributed by atoms with Gasteiger partial charge in [0.25, 0.3) is 5.56 Å². The molecule has 6 heteroatoms. The molecule has 136 valence electrons. The monoisotopic (exact) mass is 412 g/mol. The van der Waals surface area contributed by atoms with Crippen molar-refractivity contribution in [2.45, 2.75) is 18.4 Å². The number of thioether (sulfide) groups is 1. The molecule has 27 heavy (non-hydrogen) atoms. The van der Waals surface area contributed by atoms with Crippen LogP contribution in [0.1, 0.15) is 5.56 Å². The molecule has 2 aromatic carbocycles. The smallest absolute Gasteiger partial charge is 0.262 e. The van der Waals surface area contributed by atoms with Crippen LogP contribution < -0.4 is 5.56 Å². The quantitative estimate of drug-likeness (QED) is 0.384. The summed E-state index contributed by atoms with van der Waals surface area (Å²) < 4.78 is 1.71. The van der Waals surface area contributed by atoms with Crippen LogP contribution in [0.3, 0.4) is 0 Å². The molecule has 0 aliphatic carbocycles. The zero-order valence-electron chi connectivity index (χ0n) is 14.7. The second-order valence-electron chi connectivity index (χ2n) is 6.15. The van der Waals surface area contributed by atoms with Gasteiger partial charge in [-0.1, -0.05) is 41.9 Å². The highest BCUT2D eigenvalue weighted by Crippen LogP contribution is 2.35. The first-order valence-corrected chi connectivity index (χ1v) is 10.7. The van der Waals surface area contributed by atoms with Gasteiger partial charge in [0.05, 0.1) is 11.7 Å². The van der Waals surface area contributed by atoms with Crippen molar-refractivity contribution in [1.82, 2.24) is 9.55 Å². The van der Waals surface area contributed by atoms with Crippen molar-refractivity contribution in [3.8, 4) is 10.4 Å². The maximum atomic E-state index is 13.0. The molecule has 0 amide bonds. The van der Waals surface area contributed by atoms with Gasteiger partial charge in [0.2, 0.25) is 0 Å². The molecular weight excluding hydrogens is 396 g/mol. The Morgan fingerprint density at radius 1 is 1.11 bits per heavy atom. The van der Waals surface area contributed by atoms with E-state index in [1.165, 1.54) is 0 Å². The average molecular weight is 413 g/mol. The van der Waals surface area contributed by atoms with Gasteiger partial charge in [-0.25, -0.2) is 4.98 Å². The molecule has 0 aliphatic rings. The van der Waals surface area contributed by atoms with Gasteiger partial charge in [0.1, 0.15) is 4.83 Å². The van der Waals surface area contributed by atoms with Crippen molar-refractivity contribution in [2.75, 3.05) is 5.75 Å². The minimum Gasteiger partial charge on any atom is -0.298 e. The zero-order valence-corrected chi connectivity index (χ0v) is 17.1. The summed E-state index contributed by atoms with van der Waals surface area (Å²) in [6.07, 6.45) is 1.66. The number of nitrogens with zero attached hydrogens (tertiary/aromatic N) is 2. The molecule has 0 N–H and O–H groups in total. The van der Waals surface area contributed by atoms with E-state index in [0.717, 1.165) is 41.9 Å². The fraction of sp³-hybridized carbons (Fsp3) is 0.143. The second-order valence-corrected chi connectivity index (χ2v) is 8.75. The lowest BCUT2D eigenvalue weighted by atomic mass is 10.1. The highest BCUT2D eigenvalue weighted by atomic mass is 35.5. The van der Waals surface area contributed by atoms with E-state index in [-0.39, 0.29) is 5.56 Å². The van der Waals surface area contributed by atoms with E-state index in [0.29, 0.717) is 6.54 Å². The van der Waals surface area contributed by atoms with E-state index in [2.05, 4.69) is 17.1 Å². The predicted molar refractivity (Wildman–Crippen MR) is 116 cm³/mol. The molecule has 4 rings (SSSR count). The molecule has 0 spiro atoms. The number of halogens is 1. The van der Waals surface area contributed by atoms with Gasteiger partial charge in [0, 0.05) is 27.1 Å². The fourth-order valence-corrected chi connectivity index (χ4v) is 5.10. The highest BCUT2D eigenvalue weighted by molar-refractivity contribution is 7.99. The third kappa shape index (κ3) is 3.81. The maximum Gasteiger partial charge on any atom is 0.262 e. The number of hydrogen-bond acceptors (Lipinski definition) is 4. The minimum atomic E-state index is 0.0348. The summed E-state index contributed by atoms with van der Waals surface area (Å²) in [5.74, 6) is 0.795. The lowest BCUT2D eigenvalue weighted by Gasteiger charge is -2.06. The molecule has 0 atom stereocenters. The van der Waals surface area contributed by atoms with Crippen molar-refractivity contribution in [2.24, 2.45) is 0 Å². The van der Waals surface area contributed by atoms with Crippen molar-refractivity contribution >= 4 is 44.9 Å². The summed E-state index contributed by atoms with van der Waals surface area (Å²) in [4.78, 5) is 20.6. The van der Waals surface area contributed by atoms with Crippen LogP contribution in [0.25, 0.3) is 20.7 Å². The average Bonchev–Trinajstić information content (AvgIpc) is 3.03. The summed E-state index contributed by atoms with van der Waals surface area (Å²) in [5, 5.41) is 1.46. The van der Waals surface area contributed by atoms with E-state index in [9.17, 15) is 4.79 Å². The Morgan fingerprint density at radius 3 is 2.59 bits per heavy atom. The van der Waals surface area contributed by atoms with Gasteiger partial charge in [-0.05, 0) is 42.3 Å². The van der Waals surface area contributed by atoms with Crippen LogP contribution >= 0.6 is 34.7 Å². The SMILES string of the molecule is Cc1c(-c2ccccc2)sc2ncn(CCSc3ccc(Cl)cc3)c(=O)c12. The number of aromatic nitrogens is 2. The predicted octanol–water partition coefficient (Wildman–Crippen LogP) is 5.88. The number of rotatable bonds is 5. The van der Waals surface area contributed by atoms with Crippen LogP contribution in [0.5, 0.6) is 0 Å². The minimum absolute atomic E-state index is 0.0348. The topological polar surface area (TPSA) is 34.9 Å². The molecule has 0 saturated heterocycles. The van der Waals surface area contributed by atoms with Crippen molar-refractivity contribution in [3.63, 3.8) is 0 Å². The zero-order chi connectivity index (χ0) is 18.8. The van der Waals surface area contributed by atoms with E-state index >= 15 is 0 Å². The summed E-state index contributed by atoms with van der Waals surface area (Å²) in [6.45, 7) is 2.63. The Bertz CT molecular complexity index is 1130. The van der Waals surface area contributed by atoms with E-state index in [1.54, 1.807) is 34.0 Å². The third-order valence-corrected chi connectivity index (χ3v) is 6.86. The van der Waals surface area contributed by atoms with Crippen LogP contribution in [0.2, 0.25) is 5.02 Å². The molecule has 0 aliphatic heterocycles. The fourth-order valence-electron chi connectivity index (χ4n) is 2.98. The molecule has 0 unspecified atom stereocenters. The number of benzene rings is 2. The van der Waals surface area contributed by atoms with Gasteiger partial charge < -0.3 is 0 Å². The summed E-state index contributed by atoms with van der Waals surface area (Å²) in [7, 11) is 0. The molecule has 0 saturated carbocycles. The number of hydrogen-bond donors (Lipinski definition) is 0. The Balaban J connectivity index is 1.59. The van der Waals surface area contributed by atoms with Crippen LogP contribution in [-0.4, -0.2) is 15.3 Å². The molecular formula is C21H17ClN2OS2. The van der Waals surface area contributed by atoms with Gasteiger partial charge >= 0.3 is 0 Å². The standard InChI is InChI=1S/C21H17ClN2OS2/c1-14-18-20(27-19(14)15-5-3-2-4-6-15)23-13-24(21(18)25)11-12-26-17-9-7-16(22)8-10-17/h2-10,13H,11-12H2,1H3. The molecule has 2 heterocycles. The first-order valence-electron chi connectivity index (χ1n) is 8.56. The normalized spacial score (nSPS) is 11.2. The Hall–Kier alpha value is -2.08. The summed E-state index contributed by atoms with van der Waals surface area (Å²) in [5.41, 5.74) is 2.17. The third-order valence-electron chi connectivity index (χ3n) is 4.37. The Kier molecular flexibility index (Phi) is 5.34. The molecule has 0 radical (unpaired) electrons. The van der Waals surface area contributed by atoms with Gasteiger partial charge in [-0.15, -0.1) is 23.1 Å². The summed E-state index contributed by atoms with van der Waals surface area (Å²) in [6, 6.07) is 17.9. The molecule has 2 aromatic heterocycles.